The van der Waals surface area contributed by atoms with Crippen molar-refractivity contribution in [1.82, 2.24) is 5.32 Å². The van der Waals surface area contributed by atoms with Gasteiger partial charge in [-0.2, -0.15) is 0 Å². The van der Waals surface area contributed by atoms with Gasteiger partial charge in [0, 0.05) is 5.56 Å². The van der Waals surface area contributed by atoms with Gasteiger partial charge in [0.25, 0.3) is 5.91 Å². The lowest BCUT2D eigenvalue weighted by molar-refractivity contribution is -0.145. The lowest BCUT2D eigenvalue weighted by Gasteiger charge is -2.13. The summed E-state index contributed by atoms with van der Waals surface area (Å²) in [6.45, 7) is 6.36. The largest absolute Gasteiger partial charge is 0.464 e. The summed E-state index contributed by atoms with van der Waals surface area (Å²) in [6, 6.07) is 6.79. The van der Waals surface area contributed by atoms with E-state index in [-0.39, 0.29) is 11.9 Å². The number of ether oxygens (including phenoxy) is 1. The molecule has 1 aromatic carbocycles. The van der Waals surface area contributed by atoms with Gasteiger partial charge in [-0.1, -0.05) is 64.5 Å². The summed E-state index contributed by atoms with van der Waals surface area (Å²) in [7, 11) is 0. The number of hydrogen-bond acceptors (Lipinski definition) is 3. The Labute approximate surface area is 152 Å². The SMILES string of the molecule is CCCCCCCCCOC(=O)[C@H](C)NC(=O)c1ccc(CC)cc1. The molecule has 0 fully saturated rings. The molecule has 25 heavy (non-hydrogen) atoms. The van der Waals surface area contributed by atoms with E-state index in [9.17, 15) is 9.59 Å². The molecule has 0 unspecified atom stereocenters. The van der Waals surface area contributed by atoms with Crippen LogP contribution in [0.25, 0.3) is 0 Å². The molecule has 140 valence electrons. The molecule has 0 aliphatic rings. The lowest BCUT2D eigenvalue weighted by atomic mass is 10.1. The molecule has 0 saturated heterocycles. The number of esters is 1. The molecule has 0 heterocycles. The molecule has 1 atom stereocenters. The van der Waals surface area contributed by atoms with Gasteiger partial charge in [-0.05, 0) is 37.5 Å². The van der Waals surface area contributed by atoms with Gasteiger partial charge in [-0.15, -0.1) is 0 Å². The van der Waals surface area contributed by atoms with E-state index in [0.29, 0.717) is 12.2 Å². The molecule has 1 aromatic rings. The van der Waals surface area contributed by atoms with Crippen molar-refractivity contribution in [1.29, 1.82) is 0 Å². The van der Waals surface area contributed by atoms with E-state index in [1.807, 2.05) is 12.1 Å². The zero-order valence-corrected chi connectivity index (χ0v) is 16.0. The van der Waals surface area contributed by atoms with Gasteiger partial charge < -0.3 is 10.1 Å². The van der Waals surface area contributed by atoms with E-state index in [2.05, 4.69) is 19.2 Å². The van der Waals surface area contributed by atoms with E-state index < -0.39 is 6.04 Å². The van der Waals surface area contributed by atoms with Crippen molar-refractivity contribution in [3.8, 4) is 0 Å². The topological polar surface area (TPSA) is 55.4 Å². The van der Waals surface area contributed by atoms with E-state index in [1.165, 1.54) is 37.7 Å². The molecule has 4 heteroatoms. The average molecular weight is 347 g/mol. The third-order valence-electron chi connectivity index (χ3n) is 4.32. The molecule has 0 aromatic heterocycles. The van der Waals surface area contributed by atoms with E-state index in [4.69, 9.17) is 4.74 Å². The Morgan fingerprint density at radius 2 is 1.56 bits per heavy atom. The van der Waals surface area contributed by atoms with Crippen molar-refractivity contribution in [3.05, 3.63) is 35.4 Å². The predicted octanol–water partition coefficient (Wildman–Crippen LogP) is 4.66. The molecule has 0 radical (unpaired) electrons. The van der Waals surface area contributed by atoms with Crippen molar-refractivity contribution in [2.75, 3.05) is 6.61 Å². The van der Waals surface area contributed by atoms with Gasteiger partial charge in [0.05, 0.1) is 6.61 Å². The number of unbranched alkanes of at least 4 members (excludes halogenated alkanes) is 6. The van der Waals surface area contributed by atoms with Crippen LogP contribution in [-0.4, -0.2) is 24.5 Å². The first kappa shape index (κ1) is 21.2. The highest BCUT2D eigenvalue weighted by molar-refractivity contribution is 5.96. The normalized spacial score (nSPS) is 11.8. The Kier molecular flexibility index (Phi) is 10.6. The average Bonchev–Trinajstić information content (AvgIpc) is 2.63. The number of nitrogens with one attached hydrogen (secondary N) is 1. The minimum Gasteiger partial charge on any atom is -0.464 e. The highest BCUT2D eigenvalue weighted by Gasteiger charge is 2.17. The maximum absolute atomic E-state index is 12.1. The van der Waals surface area contributed by atoms with Crippen LogP contribution >= 0.6 is 0 Å². The Balaban J connectivity index is 2.21. The first-order chi connectivity index (χ1) is 12.1. The second-order valence-corrected chi connectivity index (χ2v) is 6.53. The number of rotatable bonds is 12. The van der Waals surface area contributed by atoms with E-state index >= 15 is 0 Å². The molecule has 4 nitrogen and oxygen atoms in total. The number of aryl methyl sites for hydroxylation is 1. The van der Waals surface area contributed by atoms with Gasteiger partial charge in [-0.3, -0.25) is 4.79 Å². The highest BCUT2D eigenvalue weighted by atomic mass is 16.5. The molecule has 1 rings (SSSR count). The smallest absolute Gasteiger partial charge is 0.328 e. The van der Waals surface area contributed by atoms with Crippen molar-refractivity contribution >= 4 is 11.9 Å². The van der Waals surface area contributed by atoms with Crippen molar-refractivity contribution in [2.45, 2.75) is 78.2 Å². The number of carbonyl (C=O) groups excluding carboxylic acids is 2. The summed E-state index contributed by atoms with van der Waals surface area (Å²) in [6.07, 6.45) is 9.19. The molecule has 0 bridgehead atoms. The summed E-state index contributed by atoms with van der Waals surface area (Å²) in [5.41, 5.74) is 1.74. The molecule has 0 spiro atoms. The summed E-state index contributed by atoms with van der Waals surface area (Å²) in [5, 5.41) is 2.70. The predicted molar refractivity (Wildman–Crippen MR) is 102 cm³/mol. The maximum Gasteiger partial charge on any atom is 0.328 e. The minimum absolute atomic E-state index is 0.247. The monoisotopic (exact) mass is 347 g/mol. The molecule has 0 aliphatic carbocycles. The fourth-order valence-corrected chi connectivity index (χ4v) is 2.59. The lowest BCUT2D eigenvalue weighted by Crippen LogP contribution is -2.39. The second kappa shape index (κ2) is 12.5. The van der Waals surface area contributed by atoms with Crippen LogP contribution in [0.4, 0.5) is 0 Å². The Bertz CT molecular complexity index is 510. The molecule has 1 N–H and O–H groups in total. The second-order valence-electron chi connectivity index (χ2n) is 6.53. The molecule has 0 aliphatic heterocycles. The molecular formula is C21H33NO3. The zero-order valence-electron chi connectivity index (χ0n) is 16.0. The summed E-state index contributed by atoms with van der Waals surface area (Å²) in [4.78, 5) is 24.1. The summed E-state index contributed by atoms with van der Waals surface area (Å²) in [5.74, 6) is -0.618. The van der Waals surface area contributed by atoms with Crippen LogP contribution in [0.15, 0.2) is 24.3 Å². The molecule has 0 saturated carbocycles. The van der Waals surface area contributed by atoms with Crippen LogP contribution < -0.4 is 5.32 Å². The van der Waals surface area contributed by atoms with Crippen LogP contribution in [0.1, 0.15) is 81.6 Å². The van der Waals surface area contributed by atoms with Crippen molar-refractivity contribution in [2.24, 2.45) is 0 Å². The van der Waals surface area contributed by atoms with Crippen LogP contribution in [0, 0.1) is 0 Å². The number of carbonyl (C=O) groups is 2. The van der Waals surface area contributed by atoms with E-state index in [0.717, 1.165) is 19.3 Å². The highest BCUT2D eigenvalue weighted by Crippen LogP contribution is 2.08. The standard InChI is InChI=1S/C21H33NO3/c1-4-6-7-8-9-10-11-16-25-21(24)17(3)22-20(23)19-14-12-18(5-2)13-15-19/h12-15,17H,4-11,16H2,1-3H3,(H,22,23)/t17-/m0/s1. The first-order valence-corrected chi connectivity index (χ1v) is 9.64. The molecular weight excluding hydrogens is 314 g/mol. The Morgan fingerprint density at radius 3 is 2.16 bits per heavy atom. The fourth-order valence-electron chi connectivity index (χ4n) is 2.59. The van der Waals surface area contributed by atoms with Gasteiger partial charge in [-0.25, -0.2) is 4.79 Å². The fraction of sp³-hybridized carbons (Fsp3) is 0.619. The van der Waals surface area contributed by atoms with Gasteiger partial charge in [0.2, 0.25) is 0 Å². The molecule has 1 amide bonds. The first-order valence-electron chi connectivity index (χ1n) is 9.64. The number of hydrogen-bond donors (Lipinski definition) is 1. The number of benzene rings is 1. The zero-order chi connectivity index (χ0) is 18.5. The maximum atomic E-state index is 12.1. The minimum atomic E-state index is -0.636. The van der Waals surface area contributed by atoms with Crippen LogP contribution in [0.3, 0.4) is 0 Å². The van der Waals surface area contributed by atoms with Crippen LogP contribution in [0.5, 0.6) is 0 Å². The van der Waals surface area contributed by atoms with Crippen LogP contribution in [0.2, 0.25) is 0 Å². The van der Waals surface area contributed by atoms with E-state index in [1.54, 1.807) is 19.1 Å². The Morgan fingerprint density at radius 1 is 0.960 bits per heavy atom. The van der Waals surface area contributed by atoms with Gasteiger partial charge in [0.1, 0.15) is 6.04 Å². The van der Waals surface area contributed by atoms with Crippen molar-refractivity contribution in [3.63, 3.8) is 0 Å². The Hall–Kier alpha value is -1.84. The third kappa shape index (κ3) is 8.71. The number of amides is 1. The third-order valence-corrected chi connectivity index (χ3v) is 4.32. The quantitative estimate of drug-likeness (QED) is 0.442. The van der Waals surface area contributed by atoms with Crippen molar-refractivity contribution < 1.29 is 14.3 Å². The van der Waals surface area contributed by atoms with Crippen LogP contribution in [-0.2, 0) is 16.0 Å². The summed E-state index contributed by atoms with van der Waals surface area (Å²) < 4.78 is 5.25. The van der Waals surface area contributed by atoms with Gasteiger partial charge in [0.15, 0.2) is 0 Å². The van der Waals surface area contributed by atoms with Gasteiger partial charge >= 0.3 is 5.97 Å². The summed E-state index contributed by atoms with van der Waals surface area (Å²) >= 11 is 0.